The maximum absolute atomic E-state index is 12.4. The van der Waals surface area contributed by atoms with Crippen LogP contribution in [0, 0.1) is 6.92 Å². The van der Waals surface area contributed by atoms with Crippen LogP contribution in [0.4, 0.5) is 5.13 Å². The summed E-state index contributed by atoms with van der Waals surface area (Å²) in [6.07, 6.45) is 1.58. The Labute approximate surface area is 170 Å². The van der Waals surface area contributed by atoms with Gasteiger partial charge in [0.1, 0.15) is 17.1 Å². The number of carbonyl (C=O) groups excluding carboxylic acids is 2. The lowest BCUT2D eigenvalue weighted by atomic mass is 10.2. The standard InChI is InChI=1S/C21H19N3O4S/c1-12(18-9-14-5-3-4-6-17(14)28-18)22-19(25)10-15-11-29-21(23-15)24-20(26)16-7-8-27-13(16)2/h3-9,11-12H,10H2,1-2H3,(H,22,25)(H,23,24,26)/t12-/m0/s1. The molecule has 4 aromatic rings. The first-order valence-corrected chi connectivity index (χ1v) is 9.95. The highest BCUT2D eigenvalue weighted by atomic mass is 32.1. The molecule has 0 spiro atoms. The van der Waals surface area contributed by atoms with Crippen molar-refractivity contribution in [2.45, 2.75) is 26.3 Å². The zero-order valence-electron chi connectivity index (χ0n) is 15.9. The Balaban J connectivity index is 1.35. The van der Waals surface area contributed by atoms with Gasteiger partial charge >= 0.3 is 0 Å². The van der Waals surface area contributed by atoms with Crippen molar-refractivity contribution in [3.63, 3.8) is 0 Å². The van der Waals surface area contributed by atoms with E-state index in [2.05, 4.69) is 15.6 Å². The predicted octanol–water partition coefficient (Wildman–Crippen LogP) is 4.46. The van der Waals surface area contributed by atoms with Gasteiger partial charge in [-0.2, -0.15) is 0 Å². The molecular formula is C21H19N3O4S. The molecule has 0 radical (unpaired) electrons. The number of hydrogen-bond acceptors (Lipinski definition) is 6. The van der Waals surface area contributed by atoms with Gasteiger partial charge in [0.15, 0.2) is 5.13 Å². The van der Waals surface area contributed by atoms with Gasteiger partial charge in [0.2, 0.25) is 5.91 Å². The Kier molecular flexibility index (Phi) is 5.18. The number of thiazole rings is 1. The largest absolute Gasteiger partial charge is 0.469 e. The number of furan rings is 2. The Morgan fingerprint density at radius 1 is 1.24 bits per heavy atom. The molecule has 29 heavy (non-hydrogen) atoms. The molecule has 0 saturated heterocycles. The predicted molar refractivity (Wildman–Crippen MR) is 110 cm³/mol. The number of aromatic nitrogens is 1. The van der Waals surface area contributed by atoms with Crippen LogP contribution in [0.2, 0.25) is 0 Å². The molecule has 1 aromatic carbocycles. The third-order valence-corrected chi connectivity index (χ3v) is 5.27. The van der Waals surface area contributed by atoms with E-state index in [1.807, 2.05) is 37.3 Å². The number of hydrogen-bond donors (Lipinski definition) is 2. The van der Waals surface area contributed by atoms with Crippen molar-refractivity contribution >= 4 is 39.3 Å². The monoisotopic (exact) mass is 409 g/mol. The van der Waals surface area contributed by atoms with Gasteiger partial charge in [-0.1, -0.05) is 18.2 Å². The molecule has 0 bridgehead atoms. The van der Waals surface area contributed by atoms with Gasteiger partial charge in [-0.25, -0.2) is 4.98 Å². The van der Waals surface area contributed by atoms with Gasteiger partial charge in [0, 0.05) is 10.8 Å². The van der Waals surface area contributed by atoms with Crippen LogP contribution in [0.1, 0.15) is 40.5 Å². The van der Waals surface area contributed by atoms with Gasteiger partial charge in [-0.15, -0.1) is 11.3 Å². The van der Waals surface area contributed by atoms with E-state index < -0.39 is 0 Å². The third kappa shape index (κ3) is 4.22. The van der Waals surface area contributed by atoms with Gasteiger partial charge in [0.25, 0.3) is 5.91 Å². The molecule has 148 valence electrons. The molecule has 4 rings (SSSR count). The highest BCUT2D eigenvalue weighted by Crippen LogP contribution is 2.24. The summed E-state index contributed by atoms with van der Waals surface area (Å²) >= 11 is 1.27. The van der Waals surface area contributed by atoms with E-state index in [1.165, 1.54) is 17.6 Å². The quantitative estimate of drug-likeness (QED) is 0.490. The van der Waals surface area contributed by atoms with Crippen molar-refractivity contribution in [3.8, 4) is 0 Å². The minimum atomic E-state index is -0.292. The normalized spacial score (nSPS) is 12.1. The van der Waals surface area contributed by atoms with E-state index in [0.717, 1.165) is 11.0 Å². The van der Waals surface area contributed by atoms with E-state index in [0.29, 0.717) is 27.9 Å². The molecule has 3 heterocycles. The van der Waals surface area contributed by atoms with E-state index in [9.17, 15) is 9.59 Å². The number of rotatable bonds is 6. The molecule has 2 amide bonds. The Morgan fingerprint density at radius 2 is 2.07 bits per heavy atom. The molecule has 0 aliphatic rings. The third-order valence-electron chi connectivity index (χ3n) is 4.47. The average Bonchev–Trinajstić information content (AvgIpc) is 3.41. The molecule has 8 heteroatoms. The summed E-state index contributed by atoms with van der Waals surface area (Å²) in [6, 6.07) is 11.0. The number of amides is 2. The highest BCUT2D eigenvalue weighted by molar-refractivity contribution is 7.14. The van der Waals surface area contributed by atoms with Crippen LogP contribution >= 0.6 is 11.3 Å². The molecule has 0 aliphatic heterocycles. The fraction of sp³-hybridized carbons (Fsp3) is 0.190. The summed E-state index contributed by atoms with van der Waals surface area (Å²) in [6.45, 7) is 3.59. The van der Waals surface area contributed by atoms with Crippen LogP contribution in [0.5, 0.6) is 0 Å². The number of aryl methyl sites for hydroxylation is 1. The molecule has 7 nitrogen and oxygen atoms in total. The molecule has 1 atom stereocenters. The first-order chi connectivity index (χ1) is 14.0. The van der Waals surface area contributed by atoms with Gasteiger partial charge in [-0.3, -0.25) is 14.9 Å². The second-order valence-corrected chi connectivity index (χ2v) is 7.50. The molecule has 0 aliphatic carbocycles. The zero-order valence-corrected chi connectivity index (χ0v) is 16.7. The fourth-order valence-corrected chi connectivity index (χ4v) is 3.68. The summed E-state index contributed by atoms with van der Waals surface area (Å²) < 4.78 is 10.9. The van der Waals surface area contributed by atoms with Crippen molar-refractivity contribution < 1.29 is 18.4 Å². The van der Waals surface area contributed by atoms with Crippen LogP contribution in [0.15, 0.2) is 56.9 Å². The second-order valence-electron chi connectivity index (χ2n) is 6.64. The van der Waals surface area contributed by atoms with Gasteiger partial charge < -0.3 is 14.2 Å². The van der Waals surface area contributed by atoms with Crippen LogP contribution in [-0.2, 0) is 11.2 Å². The lowest BCUT2D eigenvalue weighted by Crippen LogP contribution is -2.28. The van der Waals surface area contributed by atoms with E-state index in [4.69, 9.17) is 8.83 Å². The van der Waals surface area contributed by atoms with Crippen LogP contribution in [0.25, 0.3) is 11.0 Å². The van der Waals surface area contributed by atoms with E-state index in [1.54, 1.807) is 18.4 Å². The Bertz CT molecular complexity index is 1140. The molecule has 3 aromatic heterocycles. The van der Waals surface area contributed by atoms with Gasteiger partial charge in [0.05, 0.1) is 30.0 Å². The summed E-state index contributed by atoms with van der Waals surface area (Å²) in [5.41, 5.74) is 1.83. The van der Waals surface area contributed by atoms with Crippen LogP contribution in [0.3, 0.4) is 0 Å². The van der Waals surface area contributed by atoms with E-state index in [-0.39, 0.29) is 24.3 Å². The lowest BCUT2D eigenvalue weighted by Gasteiger charge is -2.10. The summed E-state index contributed by atoms with van der Waals surface area (Å²) in [7, 11) is 0. The molecule has 2 N–H and O–H groups in total. The molecule has 0 saturated carbocycles. The Hall–Kier alpha value is -3.39. The van der Waals surface area contributed by atoms with Crippen LogP contribution < -0.4 is 10.6 Å². The number of para-hydroxylation sites is 1. The van der Waals surface area contributed by atoms with Crippen molar-refractivity contribution in [3.05, 3.63) is 70.8 Å². The first-order valence-electron chi connectivity index (χ1n) is 9.07. The summed E-state index contributed by atoms with van der Waals surface area (Å²) in [5.74, 6) is 0.770. The molecule has 0 fully saturated rings. The highest BCUT2D eigenvalue weighted by Gasteiger charge is 2.17. The number of fused-ring (bicyclic) bond motifs is 1. The minimum absolute atomic E-state index is 0.113. The minimum Gasteiger partial charge on any atom is -0.469 e. The SMILES string of the molecule is Cc1occc1C(=O)Nc1nc(CC(=O)N[C@@H](C)c2cc3ccccc3o2)cs1. The smallest absolute Gasteiger partial charge is 0.260 e. The van der Waals surface area contributed by atoms with E-state index >= 15 is 0 Å². The van der Waals surface area contributed by atoms with Crippen molar-refractivity contribution in [2.75, 3.05) is 5.32 Å². The average molecular weight is 409 g/mol. The summed E-state index contributed by atoms with van der Waals surface area (Å²) in [5, 5.41) is 8.82. The number of anilines is 1. The zero-order chi connectivity index (χ0) is 20.4. The number of nitrogens with one attached hydrogen (secondary N) is 2. The number of benzene rings is 1. The van der Waals surface area contributed by atoms with Crippen molar-refractivity contribution in [2.24, 2.45) is 0 Å². The first kappa shape index (κ1) is 18.9. The number of carbonyl (C=O) groups is 2. The lowest BCUT2D eigenvalue weighted by molar-refractivity contribution is -0.121. The Morgan fingerprint density at radius 3 is 2.83 bits per heavy atom. The maximum atomic E-state index is 12.4. The summed E-state index contributed by atoms with van der Waals surface area (Å²) in [4.78, 5) is 28.9. The fourth-order valence-electron chi connectivity index (χ4n) is 2.97. The topological polar surface area (TPSA) is 97.4 Å². The number of nitrogens with zero attached hydrogens (tertiary/aromatic N) is 1. The van der Waals surface area contributed by atoms with Gasteiger partial charge in [-0.05, 0) is 32.0 Å². The van der Waals surface area contributed by atoms with Crippen molar-refractivity contribution in [1.29, 1.82) is 0 Å². The maximum Gasteiger partial charge on any atom is 0.260 e. The second kappa shape index (κ2) is 7.92. The van der Waals surface area contributed by atoms with Crippen LogP contribution in [-0.4, -0.2) is 16.8 Å². The molecule has 0 unspecified atom stereocenters. The molecular weight excluding hydrogens is 390 g/mol. The van der Waals surface area contributed by atoms with Crippen molar-refractivity contribution in [1.82, 2.24) is 10.3 Å².